The van der Waals surface area contributed by atoms with Gasteiger partial charge < -0.3 is 14.2 Å². The summed E-state index contributed by atoms with van der Waals surface area (Å²) in [5.41, 5.74) is 2.37. The van der Waals surface area contributed by atoms with Crippen molar-refractivity contribution in [3.63, 3.8) is 0 Å². The molecule has 0 saturated carbocycles. The number of aromatic nitrogens is 2. The minimum Gasteiger partial charge on any atom is -0.392 e. The van der Waals surface area contributed by atoms with E-state index in [4.69, 9.17) is 12.2 Å². The molecule has 2 aromatic rings. The van der Waals surface area contributed by atoms with E-state index >= 15 is 0 Å². The van der Waals surface area contributed by atoms with Gasteiger partial charge in [0.05, 0.1) is 23.8 Å². The number of hydrogen-bond acceptors (Lipinski definition) is 3. The summed E-state index contributed by atoms with van der Waals surface area (Å²) < 4.78 is 5.23. The highest BCUT2D eigenvalue weighted by Gasteiger charge is 2.19. The van der Waals surface area contributed by atoms with E-state index in [0.29, 0.717) is 0 Å². The van der Waals surface area contributed by atoms with Crippen LogP contribution in [0.15, 0.2) is 24.3 Å². The molecule has 20 heavy (non-hydrogen) atoms. The molecule has 1 N–H and O–H groups in total. The molecule has 0 unspecified atom stereocenters. The van der Waals surface area contributed by atoms with Gasteiger partial charge in [0.15, 0.2) is 4.77 Å². The van der Waals surface area contributed by atoms with E-state index in [9.17, 15) is 5.11 Å². The zero-order chi connectivity index (χ0) is 14.1. The van der Waals surface area contributed by atoms with Crippen LogP contribution in [-0.2, 0) is 13.2 Å². The van der Waals surface area contributed by atoms with Gasteiger partial charge in [-0.2, -0.15) is 0 Å². The van der Waals surface area contributed by atoms with Gasteiger partial charge in [-0.1, -0.05) is 12.1 Å². The number of imidazole rings is 1. The van der Waals surface area contributed by atoms with E-state index in [1.165, 1.54) is 11.0 Å². The lowest BCUT2D eigenvalue weighted by molar-refractivity contribution is 0.0547. The quantitative estimate of drug-likeness (QED) is 0.883. The molecule has 0 radical (unpaired) electrons. The maximum atomic E-state index is 9.81. The van der Waals surface area contributed by atoms with Crippen molar-refractivity contribution in [2.24, 2.45) is 0 Å². The van der Waals surface area contributed by atoms with Crippen molar-refractivity contribution in [2.45, 2.75) is 39.1 Å². The minimum absolute atomic E-state index is 0.197. The Kier molecular flexibility index (Phi) is 3.92. The standard InChI is InChI=1S/C15H21N3OS/c1-2-17-13-7-3-4-8-14(13)18(15(17)20)11-16-9-5-6-12(19)10-16/h3-4,7-8,12,19H,2,5-6,9-11H2,1H3/t12-/m1/s1. The molecule has 1 saturated heterocycles. The molecule has 0 bridgehead atoms. The molecule has 3 rings (SSSR count). The Morgan fingerprint density at radius 2 is 1.95 bits per heavy atom. The number of nitrogens with zero attached hydrogens (tertiary/aromatic N) is 3. The molecular weight excluding hydrogens is 270 g/mol. The van der Waals surface area contributed by atoms with Crippen molar-refractivity contribution in [1.29, 1.82) is 0 Å². The third-order valence-corrected chi connectivity index (χ3v) is 4.50. The lowest BCUT2D eigenvalue weighted by Gasteiger charge is -2.30. The van der Waals surface area contributed by atoms with Gasteiger partial charge in [-0.15, -0.1) is 0 Å². The number of rotatable bonds is 3. The predicted octanol–water partition coefficient (Wildman–Crippen LogP) is 2.61. The first kappa shape index (κ1) is 13.8. The Morgan fingerprint density at radius 3 is 2.60 bits per heavy atom. The number of aliphatic hydroxyl groups excluding tert-OH is 1. The topological polar surface area (TPSA) is 33.3 Å². The third-order valence-electron chi connectivity index (χ3n) is 4.06. The predicted molar refractivity (Wildman–Crippen MR) is 83.2 cm³/mol. The monoisotopic (exact) mass is 291 g/mol. The van der Waals surface area contributed by atoms with Gasteiger partial charge in [0.2, 0.25) is 0 Å². The summed E-state index contributed by atoms with van der Waals surface area (Å²) in [6.45, 7) is 5.55. The van der Waals surface area contributed by atoms with E-state index in [2.05, 4.69) is 45.2 Å². The smallest absolute Gasteiger partial charge is 0.181 e. The van der Waals surface area contributed by atoms with Crippen molar-refractivity contribution in [1.82, 2.24) is 14.0 Å². The van der Waals surface area contributed by atoms with Crippen molar-refractivity contribution in [2.75, 3.05) is 13.1 Å². The first-order valence-electron chi connectivity index (χ1n) is 7.29. The molecule has 1 fully saturated rings. The molecular formula is C15H21N3OS. The number of fused-ring (bicyclic) bond motifs is 1. The third kappa shape index (κ3) is 2.41. The maximum absolute atomic E-state index is 9.81. The summed E-state index contributed by atoms with van der Waals surface area (Å²) in [6.07, 6.45) is 1.77. The molecule has 4 nitrogen and oxygen atoms in total. The van der Waals surface area contributed by atoms with Gasteiger partial charge in [-0.05, 0) is 44.1 Å². The summed E-state index contributed by atoms with van der Waals surface area (Å²) in [5.74, 6) is 0. The lowest BCUT2D eigenvalue weighted by Crippen LogP contribution is -2.39. The summed E-state index contributed by atoms with van der Waals surface area (Å²) in [7, 11) is 0. The fraction of sp³-hybridized carbons (Fsp3) is 0.533. The first-order chi connectivity index (χ1) is 9.70. The van der Waals surface area contributed by atoms with Crippen molar-refractivity contribution in [3.05, 3.63) is 29.0 Å². The number of hydrogen-bond donors (Lipinski definition) is 1. The molecule has 2 heterocycles. The van der Waals surface area contributed by atoms with Crippen LogP contribution in [0.1, 0.15) is 19.8 Å². The Morgan fingerprint density at radius 1 is 1.25 bits per heavy atom. The van der Waals surface area contributed by atoms with Gasteiger partial charge in [0, 0.05) is 19.6 Å². The molecule has 1 aliphatic heterocycles. The number of likely N-dealkylation sites (tertiary alicyclic amines) is 1. The van der Waals surface area contributed by atoms with Gasteiger partial charge in [-0.3, -0.25) is 4.90 Å². The normalized spacial score (nSPS) is 20.6. The Hall–Kier alpha value is -1.17. The van der Waals surface area contributed by atoms with Crippen LogP contribution in [0.5, 0.6) is 0 Å². The molecule has 1 aromatic heterocycles. The number of para-hydroxylation sites is 2. The van der Waals surface area contributed by atoms with Gasteiger partial charge >= 0.3 is 0 Å². The Balaban J connectivity index is 1.99. The number of piperidine rings is 1. The fourth-order valence-corrected chi connectivity index (χ4v) is 3.46. The number of aryl methyl sites for hydroxylation is 1. The molecule has 1 aliphatic rings. The summed E-state index contributed by atoms with van der Waals surface area (Å²) >= 11 is 5.63. The highest BCUT2D eigenvalue weighted by Crippen LogP contribution is 2.20. The van der Waals surface area contributed by atoms with Crippen molar-refractivity contribution < 1.29 is 5.11 Å². The average molecular weight is 291 g/mol. The van der Waals surface area contributed by atoms with Crippen LogP contribution in [0, 0.1) is 4.77 Å². The summed E-state index contributed by atoms with van der Waals surface area (Å²) in [5, 5.41) is 9.81. The zero-order valence-electron chi connectivity index (χ0n) is 11.8. The molecule has 108 valence electrons. The molecule has 5 heteroatoms. The van der Waals surface area contributed by atoms with Crippen LogP contribution in [0.4, 0.5) is 0 Å². The highest BCUT2D eigenvalue weighted by atomic mass is 32.1. The van der Waals surface area contributed by atoms with Crippen molar-refractivity contribution in [3.8, 4) is 0 Å². The zero-order valence-corrected chi connectivity index (χ0v) is 12.6. The van der Waals surface area contributed by atoms with Crippen molar-refractivity contribution >= 4 is 23.3 Å². The number of aliphatic hydroxyl groups is 1. The lowest BCUT2D eigenvalue weighted by atomic mass is 10.1. The fourth-order valence-electron chi connectivity index (χ4n) is 3.07. The molecule has 1 atom stereocenters. The van der Waals surface area contributed by atoms with E-state index in [0.717, 1.165) is 43.9 Å². The second-order valence-electron chi connectivity index (χ2n) is 5.46. The minimum atomic E-state index is -0.197. The molecule has 0 amide bonds. The average Bonchev–Trinajstić information content (AvgIpc) is 2.72. The van der Waals surface area contributed by atoms with Crippen LogP contribution in [0.2, 0.25) is 0 Å². The molecule has 0 aliphatic carbocycles. The van der Waals surface area contributed by atoms with E-state index in [1.54, 1.807) is 0 Å². The number of benzene rings is 1. The van der Waals surface area contributed by atoms with Crippen LogP contribution < -0.4 is 0 Å². The Labute approximate surface area is 124 Å². The van der Waals surface area contributed by atoms with Gasteiger partial charge in [0.1, 0.15) is 0 Å². The molecule has 0 spiro atoms. The highest BCUT2D eigenvalue weighted by molar-refractivity contribution is 7.71. The summed E-state index contributed by atoms with van der Waals surface area (Å²) in [4.78, 5) is 2.29. The van der Waals surface area contributed by atoms with Crippen LogP contribution in [-0.4, -0.2) is 38.3 Å². The van der Waals surface area contributed by atoms with E-state index in [1.807, 2.05) is 0 Å². The van der Waals surface area contributed by atoms with Crippen LogP contribution >= 0.6 is 12.2 Å². The Bertz CT molecular complexity index is 661. The van der Waals surface area contributed by atoms with E-state index < -0.39 is 0 Å². The van der Waals surface area contributed by atoms with Crippen LogP contribution in [0.25, 0.3) is 11.0 Å². The SMILES string of the molecule is CCn1c(=S)n(CN2CCC[C@@H](O)C2)c2ccccc21. The van der Waals surface area contributed by atoms with Gasteiger partial charge in [-0.25, -0.2) is 0 Å². The number of β-amino-alcohol motifs (C(OH)–C–C–N with tert-alkyl or cyclic N) is 1. The second kappa shape index (κ2) is 5.68. The maximum Gasteiger partial charge on any atom is 0.181 e. The van der Waals surface area contributed by atoms with E-state index in [-0.39, 0.29) is 6.10 Å². The summed E-state index contributed by atoms with van der Waals surface area (Å²) in [6, 6.07) is 8.35. The second-order valence-corrected chi connectivity index (χ2v) is 5.82. The van der Waals surface area contributed by atoms with Crippen LogP contribution in [0.3, 0.4) is 0 Å². The largest absolute Gasteiger partial charge is 0.392 e. The van der Waals surface area contributed by atoms with Gasteiger partial charge in [0.25, 0.3) is 0 Å². The first-order valence-corrected chi connectivity index (χ1v) is 7.70. The molecule has 1 aromatic carbocycles.